The number of hydrogen-bond donors (Lipinski definition) is 1. The zero-order chi connectivity index (χ0) is 21.3. The smallest absolute Gasteiger partial charge is 0.269 e. The van der Waals surface area contributed by atoms with Crippen molar-refractivity contribution in [2.24, 2.45) is 5.92 Å². The molecule has 1 aliphatic heterocycles. The SMILES string of the molecule is Cc1ccnc(CC2=C(C3CCC(c4ccccc4)CC3)[N+](C)(C)C(=O)NC2=O)c1. The lowest BCUT2D eigenvalue weighted by molar-refractivity contribution is -0.774. The molecular formula is C25H30N3O2+. The molecule has 0 unspecified atom stereocenters. The Morgan fingerprint density at radius 2 is 1.67 bits per heavy atom. The van der Waals surface area contributed by atoms with Crippen molar-refractivity contribution in [3.8, 4) is 0 Å². The molecule has 1 aliphatic carbocycles. The van der Waals surface area contributed by atoms with Crippen molar-refractivity contribution >= 4 is 11.9 Å². The van der Waals surface area contributed by atoms with Crippen LogP contribution in [0.1, 0.15) is 48.4 Å². The fraction of sp³-hybridized carbons (Fsp3) is 0.400. The van der Waals surface area contributed by atoms with Gasteiger partial charge in [0, 0.05) is 24.2 Å². The van der Waals surface area contributed by atoms with Crippen LogP contribution in [0.15, 0.2) is 59.9 Å². The predicted octanol–water partition coefficient (Wildman–Crippen LogP) is 4.49. The third-order valence-electron chi connectivity index (χ3n) is 6.63. The van der Waals surface area contributed by atoms with Gasteiger partial charge in [-0.3, -0.25) is 9.78 Å². The Balaban J connectivity index is 1.65. The normalized spacial score (nSPS) is 24.0. The van der Waals surface area contributed by atoms with Gasteiger partial charge in [0.05, 0.1) is 19.7 Å². The Labute approximate surface area is 178 Å². The van der Waals surface area contributed by atoms with Crippen molar-refractivity contribution in [2.75, 3.05) is 14.1 Å². The van der Waals surface area contributed by atoms with Gasteiger partial charge in [0.15, 0.2) is 0 Å². The summed E-state index contributed by atoms with van der Waals surface area (Å²) in [6.07, 6.45) is 6.36. The molecule has 0 saturated heterocycles. The summed E-state index contributed by atoms with van der Waals surface area (Å²) in [5.41, 5.74) is 5.05. The number of benzene rings is 1. The van der Waals surface area contributed by atoms with Crippen LogP contribution < -0.4 is 5.32 Å². The van der Waals surface area contributed by atoms with Gasteiger partial charge in [0.1, 0.15) is 5.70 Å². The fourth-order valence-electron chi connectivity index (χ4n) is 5.05. The minimum atomic E-state index is -0.263. The van der Waals surface area contributed by atoms with E-state index in [0.717, 1.165) is 42.6 Å². The van der Waals surface area contributed by atoms with Gasteiger partial charge in [-0.2, -0.15) is 0 Å². The highest BCUT2D eigenvalue weighted by Crippen LogP contribution is 2.42. The van der Waals surface area contributed by atoms with Crippen LogP contribution in [0.2, 0.25) is 0 Å². The Bertz CT molecular complexity index is 986. The van der Waals surface area contributed by atoms with E-state index in [2.05, 4.69) is 40.6 Å². The van der Waals surface area contributed by atoms with E-state index in [1.807, 2.05) is 33.2 Å². The molecule has 2 aliphatic rings. The highest BCUT2D eigenvalue weighted by molar-refractivity contribution is 6.05. The molecule has 1 fully saturated rings. The second kappa shape index (κ2) is 8.15. The van der Waals surface area contributed by atoms with Crippen molar-refractivity contribution in [1.82, 2.24) is 10.3 Å². The van der Waals surface area contributed by atoms with Gasteiger partial charge in [-0.05, 0) is 61.8 Å². The van der Waals surface area contributed by atoms with Crippen LogP contribution in [0, 0.1) is 12.8 Å². The van der Waals surface area contributed by atoms with Crippen LogP contribution in [0.4, 0.5) is 4.79 Å². The molecule has 0 radical (unpaired) electrons. The van der Waals surface area contributed by atoms with Crippen LogP contribution in [-0.4, -0.2) is 35.5 Å². The molecule has 5 heteroatoms. The summed E-state index contributed by atoms with van der Waals surface area (Å²) in [7, 11) is 3.79. The number of carbonyl (C=O) groups excluding carboxylic acids is 2. The molecule has 1 saturated carbocycles. The number of aryl methyl sites for hydroxylation is 1. The first-order valence-electron chi connectivity index (χ1n) is 10.8. The van der Waals surface area contributed by atoms with Gasteiger partial charge in [0.2, 0.25) is 0 Å². The van der Waals surface area contributed by atoms with Crippen LogP contribution >= 0.6 is 0 Å². The second-order valence-electron chi connectivity index (χ2n) is 9.04. The number of nitrogens with one attached hydrogen (secondary N) is 1. The Morgan fingerprint density at radius 3 is 2.33 bits per heavy atom. The summed E-state index contributed by atoms with van der Waals surface area (Å²) in [6, 6.07) is 14.4. The molecule has 1 N–H and O–H groups in total. The molecule has 2 aromatic rings. The van der Waals surface area contributed by atoms with Gasteiger partial charge in [-0.25, -0.2) is 14.6 Å². The number of allylic oxidation sites excluding steroid dienone is 1. The van der Waals surface area contributed by atoms with E-state index >= 15 is 0 Å². The minimum Gasteiger partial charge on any atom is -0.269 e. The van der Waals surface area contributed by atoms with Crippen molar-refractivity contribution in [2.45, 2.75) is 44.9 Å². The number of carbonyl (C=O) groups is 2. The molecule has 5 nitrogen and oxygen atoms in total. The quantitative estimate of drug-likeness (QED) is 0.764. The number of nitrogens with zero attached hydrogens (tertiary/aromatic N) is 2. The molecule has 3 amide bonds. The lowest BCUT2D eigenvalue weighted by Gasteiger charge is -2.40. The lowest BCUT2D eigenvalue weighted by Crippen LogP contribution is -2.59. The molecular weight excluding hydrogens is 374 g/mol. The summed E-state index contributed by atoms with van der Waals surface area (Å²) in [5, 5.41) is 2.57. The van der Waals surface area contributed by atoms with Gasteiger partial charge in [0.25, 0.3) is 5.91 Å². The number of rotatable bonds is 4. The summed E-state index contributed by atoms with van der Waals surface area (Å²) in [5.74, 6) is 0.518. The Kier molecular flexibility index (Phi) is 5.56. The van der Waals surface area contributed by atoms with Crippen molar-refractivity contribution in [3.05, 3.63) is 76.8 Å². The summed E-state index contributed by atoms with van der Waals surface area (Å²) < 4.78 is 0.0908. The van der Waals surface area contributed by atoms with Crippen molar-refractivity contribution in [3.63, 3.8) is 0 Å². The molecule has 0 bridgehead atoms. The average Bonchev–Trinajstić information content (AvgIpc) is 2.73. The third kappa shape index (κ3) is 3.94. The van der Waals surface area contributed by atoms with E-state index in [1.165, 1.54) is 5.56 Å². The molecule has 0 atom stereocenters. The fourth-order valence-corrected chi connectivity index (χ4v) is 5.05. The summed E-state index contributed by atoms with van der Waals surface area (Å²) in [6.45, 7) is 2.02. The van der Waals surface area contributed by atoms with Crippen LogP contribution in [-0.2, 0) is 11.2 Å². The highest BCUT2D eigenvalue weighted by atomic mass is 16.2. The van der Waals surface area contributed by atoms with E-state index in [1.54, 1.807) is 6.20 Å². The van der Waals surface area contributed by atoms with E-state index < -0.39 is 0 Å². The number of pyridine rings is 1. The van der Waals surface area contributed by atoms with Crippen molar-refractivity contribution < 1.29 is 14.1 Å². The van der Waals surface area contributed by atoms with Crippen LogP contribution in [0.5, 0.6) is 0 Å². The zero-order valence-corrected chi connectivity index (χ0v) is 18.0. The Hall–Kier alpha value is -2.79. The first-order chi connectivity index (χ1) is 14.4. The second-order valence-corrected chi connectivity index (χ2v) is 9.04. The maximum atomic E-state index is 12.9. The van der Waals surface area contributed by atoms with E-state index in [-0.39, 0.29) is 22.3 Å². The molecule has 1 aromatic carbocycles. The largest absolute Gasteiger partial charge is 0.427 e. The molecule has 2 heterocycles. The monoisotopic (exact) mass is 404 g/mol. The number of aromatic nitrogens is 1. The van der Waals surface area contributed by atoms with Crippen LogP contribution in [0.3, 0.4) is 0 Å². The number of urea groups is 1. The van der Waals surface area contributed by atoms with E-state index in [4.69, 9.17) is 0 Å². The molecule has 156 valence electrons. The number of amides is 3. The topological polar surface area (TPSA) is 59.1 Å². The van der Waals surface area contributed by atoms with Crippen LogP contribution in [0.25, 0.3) is 0 Å². The standard InChI is InChI=1S/C25H29N3O2/c1-17-13-14-26-21(15-17)16-22-23(28(2,3)25(30)27-24(22)29)20-11-9-19(10-12-20)18-7-5-4-6-8-18/h4-8,13-15,19-20H,9-12,16H2,1-3H3/p+1. The van der Waals surface area contributed by atoms with E-state index in [9.17, 15) is 9.59 Å². The first-order valence-corrected chi connectivity index (χ1v) is 10.8. The van der Waals surface area contributed by atoms with Gasteiger partial charge in [-0.15, -0.1) is 0 Å². The summed E-state index contributed by atoms with van der Waals surface area (Å²) >= 11 is 0. The van der Waals surface area contributed by atoms with E-state index in [0.29, 0.717) is 17.9 Å². The van der Waals surface area contributed by atoms with Crippen molar-refractivity contribution in [1.29, 1.82) is 0 Å². The van der Waals surface area contributed by atoms with Gasteiger partial charge < -0.3 is 0 Å². The first kappa shape index (κ1) is 20.5. The average molecular weight is 405 g/mol. The minimum absolute atomic E-state index is 0.0908. The molecule has 0 spiro atoms. The van der Waals surface area contributed by atoms with Gasteiger partial charge in [-0.1, -0.05) is 30.3 Å². The highest BCUT2D eigenvalue weighted by Gasteiger charge is 2.46. The molecule has 1 aromatic heterocycles. The third-order valence-corrected chi connectivity index (χ3v) is 6.63. The molecule has 4 rings (SSSR count). The molecule has 30 heavy (non-hydrogen) atoms. The predicted molar refractivity (Wildman–Crippen MR) is 116 cm³/mol. The number of hydrogen-bond acceptors (Lipinski definition) is 3. The maximum Gasteiger partial charge on any atom is 0.427 e. The number of imide groups is 1. The number of quaternary nitrogens is 1. The summed E-state index contributed by atoms with van der Waals surface area (Å²) in [4.78, 5) is 30.1. The maximum absolute atomic E-state index is 12.9. The Morgan fingerprint density at radius 1 is 1.00 bits per heavy atom. The zero-order valence-electron chi connectivity index (χ0n) is 18.0. The lowest BCUT2D eigenvalue weighted by atomic mass is 9.75. The van der Waals surface area contributed by atoms with Gasteiger partial charge >= 0.3 is 6.03 Å².